The quantitative estimate of drug-likeness (QED) is 0.757. The molecule has 1 aliphatic heterocycles. The summed E-state index contributed by atoms with van der Waals surface area (Å²) in [5.41, 5.74) is 1.72. The Labute approximate surface area is 151 Å². The van der Waals surface area contributed by atoms with Crippen LogP contribution < -0.4 is 5.32 Å². The first-order valence-electron chi connectivity index (χ1n) is 8.71. The number of rotatable bonds is 4. The maximum Gasteiger partial charge on any atom is 0.271 e. The van der Waals surface area contributed by atoms with E-state index in [9.17, 15) is 4.79 Å². The molecule has 1 saturated heterocycles. The fourth-order valence-electron chi connectivity index (χ4n) is 3.31. The zero-order valence-corrected chi connectivity index (χ0v) is 14.3. The summed E-state index contributed by atoms with van der Waals surface area (Å²) in [7, 11) is 0. The van der Waals surface area contributed by atoms with Crippen LogP contribution >= 0.6 is 0 Å². The van der Waals surface area contributed by atoms with Gasteiger partial charge >= 0.3 is 0 Å². The first-order chi connectivity index (χ1) is 12.8. The van der Waals surface area contributed by atoms with Gasteiger partial charge in [0.25, 0.3) is 5.91 Å². The normalized spacial score (nSPS) is 17.1. The lowest BCUT2D eigenvalue weighted by atomic mass is 9.91. The third-order valence-electron chi connectivity index (χ3n) is 4.61. The Kier molecular flexibility index (Phi) is 4.59. The zero-order chi connectivity index (χ0) is 17.8. The maximum absolute atomic E-state index is 12.6. The van der Waals surface area contributed by atoms with Gasteiger partial charge in [0.2, 0.25) is 0 Å². The van der Waals surface area contributed by atoms with Crippen LogP contribution in [0.1, 0.15) is 34.8 Å². The SMILES string of the molecule is O=C(c1cnc[nH]1)N1CCC[C@H](c2ccnc(Nc3ccccn3)c2)C1. The fourth-order valence-corrected chi connectivity index (χ4v) is 3.31. The van der Waals surface area contributed by atoms with E-state index in [1.54, 1.807) is 18.6 Å². The highest BCUT2D eigenvalue weighted by Gasteiger charge is 2.26. The first kappa shape index (κ1) is 16.3. The van der Waals surface area contributed by atoms with E-state index in [1.165, 1.54) is 11.9 Å². The van der Waals surface area contributed by atoms with Gasteiger partial charge in [-0.25, -0.2) is 15.0 Å². The Morgan fingerprint density at radius 3 is 2.92 bits per heavy atom. The molecule has 3 aromatic rings. The summed E-state index contributed by atoms with van der Waals surface area (Å²) in [6, 6.07) is 9.78. The lowest BCUT2D eigenvalue weighted by molar-refractivity contribution is 0.0702. The Morgan fingerprint density at radius 2 is 2.12 bits per heavy atom. The van der Waals surface area contributed by atoms with Crippen LogP contribution in [0.5, 0.6) is 0 Å². The Bertz CT molecular complexity index is 865. The molecule has 0 bridgehead atoms. The minimum Gasteiger partial charge on any atom is -0.341 e. The molecule has 1 amide bonds. The average molecular weight is 348 g/mol. The van der Waals surface area contributed by atoms with Gasteiger partial charge in [-0.15, -0.1) is 0 Å². The van der Waals surface area contributed by atoms with Crippen LogP contribution in [-0.2, 0) is 0 Å². The van der Waals surface area contributed by atoms with Crippen molar-refractivity contribution >= 4 is 17.5 Å². The van der Waals surface area contributed by atoms with Crippen LogP contribution in [0.2, 0.25) is 0 Å². The zero-order valence-electron chi connectivity index (χ0n) is 14.3. The third kappa shape index (κ3) is 3.56. The van der Waals surface area contributed by atoms with Crippen molar-refractivity contribution in [3.8, 4) is 0 Å². The van der Waals surface area contributed by atoms with Crippen molar-refractivity contribution < 1.29 is 4.79 Å². The van der Waals surface area contributed by atoms with Crippen LogP contribution in [0, 0.1) is 0 Å². The van der Waals surface area contributed by atoms with Crippen LogP contribution in [-0.4, -0.2) is 43.8 Å². The van der Waals surface area contributed by atoms with Gasteiger partial charge in [-0.1, -0.05) is 6.07 Å². The minimum atomic E-state index is 0.00749. The number of aromatic amines is 1. The van der Waals surface area contributed by atoms with Gasteiger partial charge in [0, 0.05) is 31.4 Å². The molecule has 1 atom stereocenters. The summed E-state index contributed by atoms with van der Waals surface area (Å²) in [5, 5.41) is 3.22. The number of piperidine rings is 1. The molecule has 1 aliphatic rings. The van der Waals surface area contributed by atoms with E-state index in [-0.39, 0.29) is 5.91 Å². The molecular weight excluding hydrogens is 328 g/mol. The predicted molar refractivity (Wildman–Crippen MR) is 98.2 cm³/mol. The highest BCUT2D eigenvalue weighted by atomic mass is 16.2. The molecular formula is C19H20N6O. The highest BCUT2D eigenvalue weighted by molar-refractivity contribution is 5.92. The van der Waals surface area contributed by atoms with Crippen LogP contribution in [0.15, 0.2) is 55.2 Å². The molecule has 1 fully saturated rings. The van der Waals surface area contributed by atoms with Gasteiger partial charge in [0.05, 0.1) is 12.5 Å². The van der Waals surface area contributed by atoms with Crippen LogP contribution in [0.3, 0.4) is 0 Å². The largest absolute Gasteiger partial charge is 0.341 e. The molecule has 0 saturated carbocycles. The predicted octanol–water partition coefficient (Wildman–Crippen LogP) is 2.96. The summed E-state index contributed by atoms with van der Waals surface area (Å²) < 4.78 is 0. The number of pyridine rings is 2. The average Bonchev–Trinajstić information content (AvgIpc) is 3.23. The number of hydrogen-bond donors (Lipinski definition) is 2. The minimum absolute atomic E-state index is 0.00749. The lowest BCUT2D eigenvalue weighted by Crippen LogP contribution is -2.39. The van der Waals surface area contributed by atoms with E-state index < -0.39 is 0 Å². The van der Waals surface area contributed by atoms with Gasteiger partial charge in [0.1, 0.15) is 17.3 Å². The second kappa shape index (κ2) is 7.35. The number of anilines is 2. The van der Waals surface area contributed by atoms with E-state index >= 15 is 0 Å². The standard InChI is InChI=1S/C19H20N6O/c26-19(16-11-20-13-23-16)25-9-3-4-15(12-25)14-6-8-22-18(10-14)24-17-5-1-2-7-21-17/h1-2,5-8,10-11,13,15H,3-4,9,12H2,(H,20,23)(H,21,22,24)/t15-/m0/s1. The lowest BCUT2D eigenvalue weighted by Gasteiger charge is -2.32. The molecule has 26 heavy (non-hydrogen) atoms. The Hall–Kier alpha value is -3.22. The first-order valence-corrected chi connectivity index (χ1v) is 8.71. The smallest absolute Gasteiger partial charge is 0.271 e. The number of aromatic nitrogens is 4. The number of amides is 1. The molecule has 4 rings (SSSR count). The topological polar surface area (TPSA) is 86.8 Å². The Morgan fingerprint density at radius 1 is 1.19 bits per heavy atom. The van der Waals surface area contributed by atoms with Crippen molar-refractivity contribution in [1.29, 1.82) is 0 Å². The molecule has 0 radical (unpaired) electrons. The third-order valence-corrected chi connectivity index (χ3v) is 4.61. The number of likely N-dealkylation sites (tertiary alicyclic amines) is 1. The van der Waals surface area contributed by atoms with Gasteiger partial charge in [-0.3, -0.25) is 4.79 Å². The van der Waals surface area contributed by atoms with Crippen molar-refractivity contribution in [2.24, 2.45) is 0 Å². The van der Waals surface area contributed by atoms with Gasteiger partial charge in [-0.2, -0.15) is 0 Å². The van der Waals surface area contributed by atoms with Gasteiger partial charge in [-0.05, 0) is 42.7 Å². The number of imidazole rings is 1. The molecule has 7 heteroatoms. The van der Waals surface area contributed by atoms with E-state index in [0.29, 0.717) is 18.2 Å². The highest BCUT2D eigenvalue weighted by Crippen LogP contribution is 2.29. The summed E-state index contributed by atoms with van der Waals surface area (Å²) in [5.74, 6) is 1.83. The monoisotopic (exact) mass is 348 g/mol. The summed E-state index contributed by atoms with van der Waals surface area (Å²) >= 11 is 0. The molecule has 4 heterocycles. The second-order valence-corrected chi connectivity index (χ2v) is 6.37. The molecule has 0 aromatic carbocycles. The van der Waals surface area contributed by atoms with Gasteiger partial charge in [0.15, 0.2) is 0 Å². The number of nitrogens with zero attached hydrogens (tertiary/aromatic N) is 4. The summed E-state index contributed by atoms with van der Waals surface area (Å²) in [6.07, 6.45) is 8.69. The number of H-pyrrole nitrogens is 1. The number of hydrogen-bond acceptors (Lipinski definition) is 5. The van der Waals surface area contributed by atoms with Crippen LogP contribution in [0.4, 0.5) is 11.6 Å². The van der Waals surface area contributed by atoms with Crippen molar-refractivity contribution in [2.45, 2.75) is 18.8 Å². The molecule has 0 aliphatic carbocycles. The number of nitrogens with one attached hydrogen (secondary N) is 2. The fraction of sp³-hybridized carbons (Fsp3) is 0.263. The molecule has 0 unspecified atom stereocenters. The summed E-state index contributed by atoms with van der Waals surface area (Å²) in [6.45, 7) is 1.48. The number of carbonyl (C=O) groups is 1. The Balaban J connectivity index is 1.48. The molecule has 3 aromatic heterocycles. The molecule has 132 valence electrons. The van der Waals surface area contributed by atoms with Crippen LogP contribution in [0.25, 0.3) is 0 Å². The van der Waals surface area contributed by atoms with E-state index in [1.807, 2.05) is 35.2 Å². The van der Waals surface area contributed by atoms with Crippen molar-refractivity contribution in [1.82, 2.24) is 24.8 Å². The van der Waals surface area contributed by atoms with Gasteiger partial charge < -0.3 is 15.2 Å². The molecule has 0 spiro atoms. The second-order valence-electron chi connectivity index (χ2n) is 6.37. The van der Waals surface area contributed by atoms with Crippen molar-refractivity contribution in [3.63, 3.8) is 0 Å². The van der Waals surface area contributed by atoms with E-state index in [4.69, 9.17) is 0 Å². The summed E-state index contributed by atoms with van der Waals surface area (Å²) in [4.78, 5) is 29.9. The van der Waals surface area contributed by atoms with E-state index in [2.05, 4.69) is 25.3 Å². The van der Waals surface area contributed by atoms with E-state index in [0.717, 1.165) is 31.0 Å². The van der Waals surface area contributed by atoms with Crippen molar-refractivity contribution in [3.05, 3.63) is 66.5 Å². The molecule has 7 nitrogen and oxygen atoms in total. The molecule has 2 N–H and O–H groups in total. The number of carbonyl (C=O) groups excluding carboxylic acids is 1. The van der Waals surface area contributed by atoms with Crippen molar-refractivity contribution in [2.75, 3.05) is 18.4 Å². The maximum atomic E-state index is 12.6.